The van der Waals surface area contributed by atoms with Gasteiger partial charge >= 0.3 is 5.38 Å². The van der Waals surface area contributed by atoms with Crippen molar-refractivity contribution in [1.82, 2.24) is 0 Å². The molecule has 0 heterocycles. The summed E-state index contributed by atoms with van der Waals surface area (Å²) in [6.07, 6.45) is 6.19. The van der Waals surface area contributed by atoms with Crippen LogP contribution in [0.2, 0.25) is 0 Å². The first-order chi connectivity index (χ1) is 6.50. The van der Waals surface area contributed by atoms with E-state index < -0.39 is 11.2 Å². The van der Waals surface area contributed by atoms with E-state index in [-0.39, 0.29) is 6.42 Å². The second-order valence-corrected chi connectivity index (χ2v) is 4.44. The third-order valence-corrected chi connectivity index (χ3v) is 3.03. The van der Waals surface area contributed by atoms with Crippen molar-refractivity contribution < 1.29 is 13.6 Å². The number of hydrogen-bond acceptors (Lipinski definition) is 1. The van der Waals surface area contributed by atoms with Gasteiger partial charge < -0.3 is 0 Å². The van der Waals surface area contributed by atoms with Crippen molar-refractivity contribution in [2.75, 3.05) is 0 Å². The van der Waals surface area contributed by atoms with Gasteiger partial charge in [-0.2, -0.15) is 8.78 Å². The molecule has 0 aromatic heterocycles. The predicted octanol–water partition coefficient (Wildman–Crippen LogP) is 3.75. The van der Waals surface area contributed by atoms with E-state index in [1.807, 2.05) is 0 Å². The molecule has 0 N–H and O–H groups in total. The third-order valence-electron chi connectivity index (χ3n) is 2.82. The fourth-order valence-corrected chi connectivity index (χ4v) is 2.05. The molecule has 1 fully saturated rings. The lowest BCUT2D eigenvalue weighted by molar-refractivity contribution is -0.133. The minimum absolute atomic E-state index is 0.0822. The summed E-state index contributed by atoms with van der Waals surface area (Å²) in [7, 11) is 0. The van der Waals surface area contributed by atoms with Gasteiger partial charge in [-0.1, -0.05) is 32.1 Å². The van der Waals surface area contributed by atoms with Crippen molar-refractivity contribution in [2.45, 2.75) is 50.3 Å². The first-order valence-corrected chi connectivity index (χ1v) is 5.48. The monoisotopic (exact) mass is 224 g/mol. The number of carbonyl (C=O) groups excluding carboxylic acids is 1. The van der Waals surface area contributed by atoms with Crippen LogP contribution in [0.5, 0.6) is 0 Å². The molecule has 0 aromatic carbocycles. The van der Waals surface area contributed by atoms with Gasteiger partial charge in [-0.15, -0.1) is 0 Å². The SMILES string of the molecule is O=C(CCC1CCCCC1)C(F)(F)Cl. The molecule has 0 radical (unpaired) electrons. The van der Waals surface area contributed by atoms with Crippen LogP contribution in [0.15, 0.2) is 0 Å². The van der Waals surface area contributed by atoms with Crippen LogP contribution >= 0.6 is 11.6 Å². The van der Waals surface area contributed by atoms with Gasteiger partial charge in [-0.25, -0.2) is 0 Å². The van der Waals surface area contributed by atoms with Crippen molar-refractivity contribution in [2.24, 2.45) is 5.92 Å². The highest BCUT2D eigenvalue weighted by atomic mass is 35.5. The zero-order valence-corrected chi connectivity index (χ0v) is 8.83. The summed E-state index contributed by atoms with van der Waals surface area (Å²) >= 11 is 4.62. The summed E-state index contributed by atoms with van der Waals surface area (Å²) in [5.41, 5.74) is 0. The zero-order chi connectivity index (χ0) is 10.6. The molecule has 4 heteroatoms. The fourth-order valence-electron chi connectivity index (χ4n) is 1.95. The van der Waals surface area contributed by atoms with E-state index in [0.29, 0.717) is 12.3 Å². The second kappa shape index (κ2) is 5.06. The molecule has 82 valence electrons. The summed E-state index contributed by atoms with van der Waals surface area (Å²) < 4.78 is 24.6. The Labute approximate surface area is 87.8 Å². The molecular weight excluding hydrogens is 210 g/mol. The largest absolute Gasteiger partial charge is 0.380 e. The van der Waals surface area contributed by atoms with Gasteiger partial charge in [0.25, 0.3) is 0 Å². The minimum Gasteiger partial charge on any atom is -0.291 e. The van der Waals surface area contributed by atoms with Crippen molar-refractivity contribution in [3.63, 3.8) is 0 Å². The highest BCUT2D eigenvalue weighted by molar-refractivity contribution is 6.32. The third kappa shape index (κ3) is 3.91. The van der Waals surface area contributed by atoms with Crippen LogP contribution in [0.1, 0.15) is 44.9 Å². The van der Waals surface area contributed by atoms with Crippen LogP contribution in [-0.2, 0) is 4.79 Å². The Morgan fingerprint density at radius 3 is 2.36 bits per heavy atom. The molecule has 1 saturated carbocycles. The summed E-state index contributed by atoms with van der Waals surface area (Å²) in [6.45, 7) is 0. The smallest absolute Gasteiger partial charge is 0.291 e. The van der Waals surface area contributed by atoms with Crippen LogP contribution in [0, 0.1) is 5.92 Å². The zero-order valence-electron chi connectivity index (χ0n) is 8.07. The van der Waals surface area contributed by atoms with E-state index in [0.717, 1.165) is 25.7 Å². The number of halogens is 3. The number of ketones is 1. The summed E-state index contributed by atoms with van der Waals surface area (Å²) in [6, 6.07) is 0. The van der Waals surface area contributed by atoms with Crippen LogP contribution in [0.3, 0.4) is 0 Å². The lowest BCUT2D eigenvalue weighted by Crippen LogP contribution is -2.22. The number of carbonyl (C=O) groups is 1. The molecule has 0 bridgehead atoms. The first kappa shape index (κ1) is 11.9. The average molecular weight is 225 g/mol. The highest BCUT2D eigenvalue weighted by Crippen LogP contribution is 2.29. The quantitative estimate of drug-likeness (QED) is 0.665. The Bertz CT molecular complexity index is 195. The van der Waals surface area contributed by atoms with E-state index in [2.05, 4.69) is 11.6 Å². The molecule has 0 aliphatic heterocycles. The second-order valence-electron chi connectivity index (χ2n) is 3.96. The summed E-state index contributed by atoms with van der Waals surface area (Å²) in [4.78, 5) is 10.8. The molecule has 0 aromatic rings. The lowest BCUT2D eigenvalue weighted by Gasteiger charge is -2.21. The summed E-state index contributed by atoms with van der Waals surface area (Å²) in [5.74, 6) is -0.684. The maximum absolute atomic E-state index is 12.3. The predicted molar refractivity (Wildman–Crippen MR) is 51.6 cm³/mol. The highest BCUT2D eigenvalue weighted by Gasteiger charge is 2.35. The van der Waals surface area contributed by atoms with E-state index >= 15 is 0 Å². The van der Waals surface area contributed by atoms with Gasteiger partial charge in [0.15, 0.2) is 0 Å². The topological polar surface area (TPSA) is 17.1 Å². The molecule has 0 amide bonds. The average Bonchev–Trinajstić information content (AvgIpc) is 2.14. The van der Waals surface area contributed by atoms with Crippen molar-refractivity contribution in [1.29, 1.82) is 0 Å². The number of hydrogen-bond donors (Lipinski definition) is 0. The Kier molecular flexibility index (Phi) is 4.30. The van der Waals surface area contributed by atoms with Gasteiger partial charge in [0.2, 0.25) is 5.78 Å². The summed E-state index contributed by atoms with van der Waals surface area (Å²) in [5, 5.41) is -3.66. The molecular formula is C10H15ClF2O. The molecule has 1 aliphatic carbocycles. The van der Waals surface area contributed by atoms with Gasteiger partial charge in [-0.05, 0) is 23.9 Å². The van der Waals surface area contributed by atoms with Crippen LogP contribution in [-0.4, -0.2) is 11.2 Å². The Balaban J connectivity index is 2.22. The first-order valence-electron chi connectivity index (χ1n) is 5.10. The molecule has 0 unspecified atom stereocenters. The Morgan fingerprint density at radius 1 is 1.29 bits per heavy atom. The molecule has 0 spiro atoms. The number of rotatable bonds is 4. The van der Waals surface area contributed by atoms with E-state index in [1.165, 1.54) is 6.42 Å². The van der Waals surface area contributed by atoms with Crippen LogP contribution in [0.4, 0.5) is 8.78 Å². The molecule has 0 atom stereocenters. The van der Waals surface area contributed by atoms with Gasteiger partial charge in [0, 0.05) is 6.42 Å². The van der Waals surface area contributed by atoms with Crippen molar-refractivity contribution >= 4 is 17.4 Å². The standard InChI is InChI=1S/C10H15ClF2O/c11-10(12,13)9(14)7-6-8-4-2-1-3-5-8/h8H,1-7H2. The van der Waals surface area contributed by atoms with Crippen LogP contribution < -0.4 is 0 Å². The lowest BCUT2D eigenvalue weighted by atomic mass is 9.86. The number of Topliss-reactive ketones (excluding diaryl/α,β-unsaturated/α-hetero) is 1. The van der Waals surface area contributed by atoms with Crippen molar-refractivity contribution in [3.8, 4) is 0 Å². The van der Waals surface area contributed by atoms with Crippen molar-refractivity contribution in [3.05, 3.63) is 0 Å². The van der Waals surface area contributed by atoms with E-state index in [4.69, 9.17) is 0 Å². The molecule has 1 nitrogen and oxygen atoms in total. The van der Waals surface area contributed by atoms with E-state index in [1.54, 1.807) is 0 Å². The maximum Gasteiger partial charge on any atom is 0.380 e. The van der Waals surface area contributed by atoms with Gasteiger partial charge in [0.1, 0.15) is 0 Å². The number of alkyl halides is 3. The van der Waals surface area contributed by atoms with Gasteiger partial charge in [0.05, 0.1) is 0 Å². The maximum atomic E-state index is 12.3. The molecule has 1 aliphatic rings. The van der Waals surface area contributed by atoms with Crippen LogP contribution in [0.25, 0.3) is 0 Å². The Hall–Kier alpha value is -0.180. The molecule has 1 rings (SSSR count). The minimum atomic E-state index is -3.66. The fraction of sp³-hybridized carbons (Fsp3) is 0.900. The molecule has 0 saturated heterocycles. The van der Waals surface area contributed by atoms with Gasteiger partial charge in [-0.3, -0.25) is 4.79 Å². The molecule has 14 heavy (non-hydrogen) atoms. The normalized spacial score (nSPS) is 19.6. The van der Waals surface area contributed by atoms with E-state index in [9.17, 15) is 13.6 Å². The Morgan fingerprint density at radius 2 is 1.86 bits per heavy atom.